The van der Waals surface area contributed by atoms with E-state index in [2.05, 4.69) is 50.7 Å². The number of piperazine rings is 1. The van der Waals surface area contributed by atoms with Gasteiger partial charge in [-0.2, -0.15) is 23.7 Å². The summed E-state index contributed by atoms with van der Waals surface area (Å²) in [5.41, 5.74) is -0.220. The smallest absolute Gasteiger partial charge is 0.417 e. The van der Waals surface area contributed by atoms with Gasteiger partial charge < -0.3 is 30.7 Å². The van der Waals surface area contributed by atoms with Gasteiger partial charge in [-0.1, -0.05) is 13.8 Å². The number of halogens is 3. The third-order valence-electron chi connectivity index (χ3n) is 12.3. The Bertz CT molecular complexity index is 2380. The monoisotopic (exact) mass is 886 g/mol. The number of carbonyl (C=O) groups is 3. The topological polar surface area (TPSA) is 190 Å². The van der Waals surface area contributed by atoms with Gasteiger partial charge in [0, 0.05) is 55.1 Å². The number of piperidine rings is 1. The molecule has 1 saturated carbocycles. The number of nitriles is 2. The van der Waals surface area contributed by atoms with Gasteiger partial charge in [0.25, 0.3) is 5.91 Å². The predicted octanol–water partition coefficient (Wildman–Crippen LogP) is 5.45. The lowest BCUT2D eigenvalue weighted by atomic mass is 9.75. The van der Waals surface area contributed by atoms with Crippen molar-refractivity contribution < 1.29 is 37.4 Å². The molecule has 7 rings (SSSR count). The summed E-state index contributed by atoms with van der Waals surface area (Å²) in [4.78, 5) is 50.9. The molecule has 3 aromatic rings. The highest BCUT2D eigenvalue weighted by atomic mass is 32.1. The number of rotatable bonds is 12. The summed E-state index contributed by atoms with van der Waals surface area (Å²) in [6, 6.07) is 13.3. The number of aromatic nitrogens is 1. The molecule has 0 radical (unpaired) electrons. The number of aliphatic hydroxyl groups is 1. The average molecular weight is 887 g/mol. The molecular weight excluding hydrogens is 838 g/mol. The van der Waals surface area contributed by atoms with Gasteiger partial charge in [-0.3, -0.25) is 29.1 Å². The van der Waals surface area contributed by atoms with Crippen molar-refractivity contribution >= 4 is 57.8 Å². The molecular formula is C44H49F3N10O5S. The maximum atomic E-state index is 14.0. The minimum atomic E-state index is -4.81. The minimum Gasteiger partial charge on any atom is -0.476 e. The molecule has 2 unspecified atom stereocenters. The Kier molecular flexibility index (Phi) is 13.0. The SMILES string of the molecule is CC(C)c1cc(N2C(=S)N(c3ccc(C#N)c(C(F)(F)F)c3)C(=O)C23CCC3)cnc1OCCN1C[C@@H](C)N(CC(=O)Nc2cc(C#N)cc(NC3CCC(=O)NC3O)c2)C[C@H]1C. The lowest BCUT2D eigenvalue weighted by molar-refractivity contribution is -0.138. The van der Waals surface area contributed by atoms with Crippen LogP contribution in [0.5, 0.6) is 5.88 Å². The number of nitrogens with zero attached hydrogens (tertiary/aromatic N) is 7. The van der Waals surface area contributed by atoms with Crippen molar-refractivity contribution in [2.45, 2.75) is 102 Å². The van der Waals surface area contributed by atoms with Gasteiger partial charge in [0.1, 0.15) is 18.4 Å². The Hall–Kier alpha value is -5.86. The molecule has 332 valence electrons. The normalized spacial score (nSPS) is 22.7. The van der Waals surface area contributed by atoms with E-state index in [0.29, 0.717) is 74.0 Å². The van der Waals surface area contributed by atoms with E-state index < -0.39 is 41.0 Å². The Morgan fingerprint density at radius 1 is 1.05 bits per heavy atom. The highest BCUT2D eigenvalue weighted by Crippen LogP contribution is 2.49. The predicted molar refractivity (Wildman–Crippen MR) is 232 cm³/mol. The molecule has 2 aromatic carbocycles. The van der Waals surface area contributed by atoms with Crippen molar-refractivity contribution in [2.75, 3.05) is 53.2 Å². The Morgan fingerprint density at radius 3 is 2.41 bits per heavy atom. The molecule has 4 atom stereocenters. The summed E-state index contributed by atoms with van der Waals surface area (Å²) in [5, 5.41) is 37.8. The first-order valence-electron chi connectivity index (χ1n) is 20.9. The number of anilines is 4. The van der Waals surface area contributed by atoms with E-state index in [0.717, 1.165) is 29.0 Å². The first kappa shape index (κ1) is 45.2. The average Bonchev–Trinajstić information content (AvgIpc) is 3.46. The summed E-state index contributed by atoms with van der Waals surface area (Å²) in [6.07, 6.45) is -1.99. The van der Waals surface area contributed by atoms with Crippen LogP contribution in [0.2, 0.25) is 0 Å². The standard InChI is InChI=1S/C44H49F3N10O5S/c1-25(2)34-17-33(57-42(63)56(41(61)43(57)10-5-11-43)32-7-6-29(20-49)35(18-32)44(45,46)47)21-50-40(34)62-13-12-54-22-27(4)55(23-26(54)3)24-38(59)52-31-15-28(19-48)14-30(16-31)51-36-8-9-37(58)53-39(36)60/h6-7,14-18,21,25-27,36,39,51,60H,5,8-13,22-24H2,1-4H3,(H,52,59)(H,53,58)/t26-,27-,36?,39?/m1/s1. The summed E-state index contributed by atoms with van der Waals surface area (Å²) in [7, 11) is 0. The second-order valence-corrected chi connectivity index (χ2v) is 17.3. The summed E-state index contributed by atoms with van der Waals surface area (Å²) >= 11 is 5.83. The maximum Gasteiger partial charge on any atom is 0.417 e. The molecule has 3 amide bonds. The van der Waals surface area contributed by atoms with Crippen molar-refractivity contribution in [3.05, 3.63) is 70.9 Å². The first-order valence-corrected chi connectivity index (χ1v) is 21.3. The van der Waals surface area contributed by atoms with Crippen molar-refractivity contribution in [3.63, 3.8) is 0 Å². The number of aliphatic hydroxyl groups excluding tert-OH is 1. The number of ether oxygens (including phenoxy) is 1. The molecule has 0 bridgehead atoms. The maximum absolute atomic E-state index is 14.0. The molecule has 3 aliphatic heterocycles. The van der Waals surface area contributed by atoms with Gasteiger partial charge in [-0.15, -0.1) is 0 Å². The zero-order chi connectivity index (χ0) is 45.4. The van der Waals surface area contributed by atoms with Gasteiger partial charge >= 0.3 is 6.18 Å². The number of nitrogens with one attached hydrogen (secondary N) is 3. The Balaban J connectivity index is 0.968. The van der Waals surface area contributed by atoms with Crippen LogP contribution in [0, 0.1) is 22.7 Å². The van der Waals surface area contributed by atoms with Gasteiger partial charge in [-0.25, -0.2) is 4.98 Å². The van der Waals surface area contributed by atoms with Crippen LogP contribution in [0.25, 0.3) is 0 Å². The molecule has 4 fully saturated rings. The van der Waals surface area contributed by atoms with Gasteiger partial charge in [0.2, 0.25) is 17.7 Å². The summed E-state index contributed by atoms with van der Waals surface area (Å²) in [5.74, 6) is -0.527. The molecule has 19 heteroatoms. The molecule has 1 spiro atoms. The van der Waals surface area contributed by atoms with Gasteiger partial charge in [0.15, 0.2) is 5.11 Å². The number of amides is 3. The van der Waals surface area contributed by atoms with E-state index in [9.17, 15) is 43.2 Å². The van der Waals surface area contributed by atoms with E-state index in [1.54, 1.807) is 35.4 Å². The van der Waals surface area contributed by atoms with Crippen LogP contribution in [-0.4, -0.2) is 105 Å². The third kappa shape index (κ3) is 9.28. The molecule has 1 aromatic heterocycles. The lowest BCUT2D eigenvalue weighted by Gasteiger charge is -2.43. The van der Waals surface area contributed by atoms with Crippen LogP contribution in [0.1, 0.15) is 88.0 Å². The number of thiocarbonyl (C=S) groups is 1. The fourth-order valence-corrected chi connectivity index (χ4v) is 9.24. The van der Waals surface area contributed by atoms with Crippen LogP contribution >= 0.6 is 12.2 Å². The second kappa shape index (κ2) is 18.1. The van der Waals surface area contributed by atoms with E-state index in [-0.39, 0.29) is 53.6 Å². The van der Waals surface area contributed by atoms with Crippen molar-refractivity contribution in [2.24, 2.45) is 0 Å². The molecule has 15 nitrogen and oxygen atoms in total. The van der Waals surface area contributed by atoms with E-state index in [4.69, 9.17) is 17.0 Å². The van der Waals surface area contributed by atoms with Crippen LogP contribution in [0.4, 0.5) is 35.9 Å². The molecule has 3 saturated heterocycles. The molecule has 63 heavy (non-hydrogen) atoms. The lowest BCUT2D eigenvalue weighted by Crippen LogP contribution is -2.58. The van der Waals surface area contributed by atoms with Crippen LogP contribution in [-0.2, 0) is 20.6 Å². The fraction of sp³-hybridized carbons (Fsp3) is 0.477. The molecule has 1 aliphatic carbocycles. The van der Waals surface area contributed by atoms with Crippen molar-refractivity contribution in [1.82, 2.24) is 20.1 Å². The zero-order valence-electron chi connectivity index (χ0n) is 35.3. The largest absolute Gasteiger partial charge is 0.476 e. The molecule has 4 aliphatic rings. The zero-order valence-corrected chi connectivity index (χ0v) is 36.1. The van der Waals surface area contributed by atoms with E-state index in [1.165, 1.54) is 6.07 Å². The van der Waals surface area contributed by atoms with Crippen LogP contribution in [0.3, 0.4) is 0 Å². The highest BCUT2D eigenvalue weighted by molar-refractivity contribution is 7.81. The summed E-state index contributed by atoms with van der Waals surface area (Å²) < 4.78 is 48.0. The first-order chi connectivity index (χ1) is 29.9. The second-order valence-electron chi connectivity index (χ2n) is 17.0. The van der Waals surface area contributed by atoms with Gasteiger partial charge in [0.05, 0.1) is 59.0 Å². The fourth-order valence-electron chi connectivity index (χ4n) is 8.77. The molecule has 4 N–H and O–H groups in total. The van der Waals surface area contributed by atoms with E-state index >= 15 is 0 Å². The minimum absolute atomic E-state index is 0.0241. The summed E-state index contributed by atoms with van der Waals surface area (Å²) in [6.45, 7) is 10.4. The Labute approximate surface area is 368 Å². The third-order valence-corrected chi connectivity index (χ3v) is 12.7. The molecule has 4 heterocycles. The number of alkyl halides is 3. The number of hydrogen-bond acceptors (Lipinski definition) is 12. The van der Waals surface area contributed by atoms with Gasteiger partial charge in [-0.05, 0) is 100 Å². The quantitative estimate of drug-likeness (QED) is 0.168. The number of pyridine rings is 1. The Morgan fingerprint density at radius 2 is 1.76 bits per heavy atom. The number of hydrogen-bond donors (Lipinski definition) is 4. The van der Waals surface area contributed by atoms with Crippen molar-refractivity contribution in [3.8, 4) is 18.0 Å². The van der Waals surface area contributed by atoms with Crippen molar-refractivity contribution in [1.29, 1.82) is 10.5 Å². The number of carbonyl (C=O) groups excluding carboxylic acids is 3. The van der Waals surface area contributed by atoms with E-state index in [1.807, 2.05) is 19.9 Å². The van der Waals surface area contributed by atoms with Crippen LogP contribution in [0.15, 0.2) is 48.7 Å². The number of benzene rings is 2. The van der Waals surface area contributed by atoms with Crippen LogP contribution < -0.4 is 30.5 Å². The highest BCUT2D eigenvalue weighted by Gasteiger charge is 2.60.